The summed E-state index contributed by atoms with van der Waals surface area (Å²) in [7, 11) is 0. The van der Waals surface area contributed by atoms with E-state index in [1.807, 2.05) is 0 Å². The van der Waals surface area contributed by atoms with Crippen LogP contribution in [0.25, 0.3) is 0 Å². The summed E-state index contributed by atoms with van der Waals surface area (Å²) in [5.74, 6) is 0. The van der Waals surface area contributed by atoms with Crippen molar-refractivity contribution in [1.82, 2.24) is 0 Å². The minimum atomic E-state index is -4.41. The minimum Gasteiger partial charge on any atom is -0.197 e. The first-order valence-electron chi connectivity index (χ1n) is 2.85. The summed E-state index contributed by atoms with van der Waals surface area (Å²) < 4.78 is 35.6. The summed E-state index contributed by atoms with van der Waals surface area (Å²) in [6.07, 6.45) is -4.61. The molecule has 0 aromatic rings. The number of rotatable bonds is 1. The molecule has 0 spiro atoms. The second-order valence-electron chi connectivity index (χ2n) is 2.30. The molecule has 0 rings (SSSR count). The summed E-state index contributed by atoms with van der Waals surface area (Å²) in [6, 6.07) is 1.24. The molecule has 0 fully saturated rings. The molecule has 0 saturated carbocycles. The lowest BCUT2D eigenvalue weighted by Gasteiger charge is -2.22. The first-order chi connectivity index (χ1) is 4.37. The van der Waals surface area contributed by atoms with Crippen LogP contribution in [0.2, 0.25) is 0 Å². The van der Waals surface area contributed by atoms with Crippen LogP contribution in [-0.2, 0) is 0 Å². The maximum atomic E-state index is 11.9. The van der Waals surface area contributed by atoms with Crippen LogP contribution in [0.4, 0.5) is 13.2 Å². The second kappa shape index (κ2) is 2.49. The average molecular weight is 151 g/mol. The van der Waals surface area contributed by atoms with Gasteiger partial charge in [-0.2, -0.15) is 18.4 Å². The number of halogens is 3. The highest BCUT2D eigenvalue weighted by atomic mass is 19.4. The fourth-order valence-electron chi connectivity index (χ4n) is 0.343. The van der Waals surface area contributed by atoms with E-state index < -0.39 is 11.6 Å². The second-order valence-corrected chi connectivity index (χ2v) is 2.30. The fraction of sp³-hybridized carbons (Fsp3) is 0.833. The normalized spacial score (nSPS) is 17.6. The molecule has 0 amide bonds. The van der Waals surface area contributed by atoms with Crippen LogP contribution in [-0.4, -0.2) is 6.18 Å². The van der Waals surface area contributed by atoms with Crippen LogP contribution in [0.3, 0.4) is 0 Å². The van der Waals surface area contributed by atoms with Crippen molar-refractivity contribution in [3.05, 3.63) is 0 Å². The Balaban J connectivity index is 4.54. The SMILES string of the molecule is CCC(C)(C#N)C(F)(F)F. The fourth-order valence-corrected chi connectivity index (χ4v) is 0.343. The number of nitrogens with zero attached hydrogens (tertiary/aromatic N) is 1. The number of hydrogen-bond donors (Lipinski definition) is 0. The molecule has 0 bridgehead atoms. The Morgan fingerprint density at radius 3 is 1.80 bits per heavy atom. The van der Waals surface area contributed by atoms with Crippen LogP contribution < -0.4 is 0 Å². The highest BCUT2D eigenvalue weighted by Gasteiger charge is 2.50. The van der Waals surface area contributed by atoms with Gasteiger partial charge in [0.25, 0.3) is 0 Å². The van der Waals surface area contributed by atoms with Gasteiger partial charge in [-0.3, -0.25) is 0 Å². The summed E-state index contributed by atoms with van der Waals surface area (Å²) in [5, 5.41) is 8.15. The standard InChI is InChI=1S/C6H8F3N/c1-3-5(2,4-10)6(7,8)9/h3H2,1-2H3. The van der Waals surface area contributed by atoms with Crippen molar-refractivity contribution in [2.45, 2.75) is 26.4 Å². The Bertz CT molecular complexity index is 155. The third-order valence-corrected chi connectivity index (χ3v) is 1.58. The van der Waals surface area contributed by atoms with Gasteiger partial charge in [0.15, 0.2) is 0 Å². The van der Waals surface area contributed by atoms with Crippen molar-refractivity contribution in [2.75, 3.05) is 0 Å². The minimum absolute atomic E-state index is 0.201. The van der Waals surface area contributed by atoms with Crippen LogP contribution in [0.5, 0.6) is 0 Å². The zero-order chi connectivity index (χ0) is 8.41. The maximum Gasteiger partial charge on any atom is 0.406 e. The van der Waals surface area contributed by atoms with E-state index in [4.69, 9.17) is 5.26 Å². The molecule has 0 aliphatic rings. The van der Waals surface area contributed by atoms with E-state index in [1.165, 1.54) is 13.0 Å². The van der Waals surface area contributed by atoms with E-state index in [0.29, 0.717) is 0 Å². The smallest absolute Gasteiger partial charge is 0.197 e. The molecule has 0 aliphatic carbocycles. The number of hydrogen-bond acceptors (Lipinski definition) is 1. The van der Waals surface area contributed by atoms with E-state index >= 15 is 0 Å². The van der Waals surface area contributed by atoms with Gasteiger partial charge in [0, 0.05) is 0 Å². The van der Waals surface area contributed by atoms with E-state index in [0.717, 1.165) is 6.92 Å². The van der Waals surface area contributed by atoms with Crippen molar-refractivity contribution in [2.24, 2.45) is 5.41 Å². The Morgan fingerprint density at radius 2 is 1.80 bits per heavy atom. The predicted octanol–water partition coefficient (Wildman–Crippen LogP) is 2.49. The Kier molecular flexibility index (Phi) is 2.31. The summed E-state index contributed by atoms with van der Waals surface area (Å²) in [5.41, 5.74) is -2.17. The zero-order valence-electron chi connectivity index (χ0n) is 5.79. The quantitative estimate of drug-likeness (QED) is 0.564. The van der Waals surface area contributed by atoms with Crippen molar-refractivity contribution < 1.29 is 13.2 Å². The molecule has 0 aromatic carbocycles. The molecule has 10 heavy (non-hydrogen) atoms. The molecule has 0 saturated heterocycles. The molecule has 1 atom stereocenters. The van der Waals surface area contributed by atoms with Crippen molar-refractivity contribution in [3.8, 4) is 6.07 Å². The predicted molar refractivity (Wildman–Crippen MR) is 30.1 cm³/mol. The molecular weight excluding hydrogens is 143 g/mol. The molecule has 1 nitrogen and oxygen atoms in total. The average Bonchev–Trinajstić information content (AvgIpc) is 1.84. The Labute approximate surface area is 57.5 Å². The summed E-state index contributed by atoms with van der Waals surface area (Å²) in [6.45, 7) is 2.24. The lowest BCUT2D eigenvalue weighted by atomic mass is 9.89. The molecule has 58 valence electrons. The maximum absolute atomic E-state index is 11.9. The molecule has 0 radical (unpaired) electrons. The topological polar surface area (TPSA) is 23.8 Å². The van der Waals surface area contributed by atoms with Gasteiger partial charge in [-0.05, 0) is 13.3 Å². The Morgan fingerprint density at radius 1 is 1.40 bits per heavy atom. The van der Waals surface area contributed by atoms with Gasteiger partial charge in [-0.25, -0.2) is 0 Å². The van der Waals surface area contributed by atoms with Crippen molar-refractivity contribution in [3.63, 3.8) is 0 Å². The molecule has 4 heteroatoms. The van der Waals surface area contributed by atoms with Gasteiger partial charge >= 0.3 is 6.18 Å². The number of nitriles is 1. The van der Waals surface area contributed by atoms with E-state index in [-0.39, 0.29) is 6.42 Å². The van der Waals surface area contributed by atoms with Gasteiger partial charge < -0.3 is 0 Å². The van der Waals surface area contributed by atoms with Crippen LogP contribution in [0.15, 0.2) is 0 Å². The van der Waals surface area contributed by atoms with Gasteiger partial charge in [0.1, 0.15) is 5.41 Å². The summed E-state index contributed by atoms with van der Waals surface area (Å²) >= 11 is 0. The first kappa shape index (κ1) is 9.28. The Hall–Kier alpha value is -0.720. The van der Waals surface area contributed by atoms with Crippen molar-refractivity contribution in [1.29, 1.82) is 5.26 Å². The largest absolute Gasteiger partial charge is 0.406 e. The van der Waals surface area contributed by atoms with Gasteiger partial charge in [0.2, 0.25) is 0 Å². The van der Waals surface area contributed by atoms with Crippen LogP contribution >= 0.6 is 0 Å². The number of alkyl halides is 3. The monoisotopic (exact) mass is 151 g/mol. The van der Waals surface area contributed by atoms with E-state index in [2.05, 4.69) is 0 Å². The van der Waals surface area contributed by atoms with Crippen molar-refractivity contribution >= 4 is 0 Å². The van der Waals surface area contributed by atoms with E-state index in [1.54, 1.807) is 0 Å². The van der Waals surface area contributed by atoms with Crippen LogP contribution in [0, 0.1) is 16.7 Å². The molecule has 0 N–H and O–H groups in total. The van der Waals surface area contributed by atoms with Gasteiger partial charge in [-0.1, -0.05) is 6.92 Å². The van der Waals surface area contributed by atoms with Gasteiger partial charge in [0.05, 0.1) is 6.07 Å². The molecule has 0 aliphatic heterocycles. The lowest BCUT2D eigenvalue weighted by molar-refractivity contribution is -0.197. The highest BCUT2D eigenvalue weighted by molar-refractivity contribution is 4.99. The molecule has 0 aromatic heterocycles. The summed E-state index contributed by atoms with van der Waals surface area (Å²) in [4.78, 5) is 0. The lowest BCUT2D eigenvalue weighted by Crippen LogP contribution is -2.32. The zero-order valence-corrected chi connectivity index (χ0v) is 5.79. The highest BCUT2D eigenvalue weighted by Crippen LogP contribution is 2.39. The first-order valence-corrected chi connectivity index (χ1v) is 2.85. The molecule has 0 heterocycles. The van der Waals surface area contributed by atoms with E-state index in [9.17, 15) is 13.2 Å². The van der Waals surface area contributed by atoms with Gasteiger partial charge in [-0.15, -0.1) is 0 Å². The third kappa shape index (κ3) is 1.41. The molecule has 1 unspecified atom stereocenters. The molecular formula is C6H8F3N. The third-order valence-electron chi connectivity index (χ3n) is 1.58. The van der Waals surface area contributed by atoms with Crippen LogP contribution in [0.1, 0.15) is 20.3 Å².